The fraction of sp³-hybridized carbons (Fsp3) is 0.414. The predicted octanol–water partition coefficient (Wildman–Crippen LogP) is 2.67. The Morgan fingerprint density at radius 1 is 1.08 bits per heavy atom. The summed E-state index contributed by atoms with van der Waals surface area (Å²) in [5.41, 5.74) is 0.338. The molecule has 3 aliphatic rings. The summed E-state index contributed by atoms with van der Waals surface area (Å²) < 4.78 is 10.8. The number of carbonyl (C=O) groups excluding carboxylic acids is 3. The van der Waals surface area contributed by atoms with E-state index in [1.807, 2.05) is 26.0 Å². The molecule has 0 bridgehead atoms. The number of benzene rings is 2. The first-order chi connectivity index (χ1) is 18.4. The summed E-state index contributed by atoms with van der Waals surface area (Å²) in [5.74, 6) is -1.79. The Morgan fingerprint density at radius 3 is 2.50 bits per heavy atom. The monoisotopic (exact) mass is 519 g/mol. The zero-order valence-corrected chi connectivity index (χ0v) is 22.0. The van der Waals surface area contributed by atoms with Gasteiger partial charge in [-0.3, -0.25) is 19.3 Å². The number of ether oxygens (including phenoxy) is 2. The number of carbonyl (C=O) groups is 3. The number of likely N-dealkylation sites (tertiary alicyclic amines) is 1. The van der Waals surface area contributed by atoms with Gasteiger partial charge in [0.15, 0.2) is 5.54 Å². The van der Waals surface area contributed by atoms with Gasteiger partial charge >= 0.3 is 0 Å². The van der Waals surface area contributed by atoms with Gasteiger partial charge in [-0.15, -0.1) is 0 Å². The first-order valence-electron chi connectivity index (χ1n) is 13.0. The molecule has 1 spiro atoms. The lowest BCUT2D eigenvalue weighted by Crippen LogP contribution is -2.52. The Bertz CT molecular complexity index is 1320. The van der Waals surface area contributed by atoms with Crippen LogP contribution in [-0.2, 0) is 24.7 Å². The number of hydrogen-bond acceptors (Lipinski definition) is 7. The molecule has 1 N–H and O–H groups in total. The predicted molar refractivity (Wildman–Crippen MR) is 142 cm³/mol. The van der Waals surface area contributed by atoms with Gasteiger partial charge in [0.2, 0.25) is 0 Å². The Balaban J connectivity index is 1.65. The smallest absolute Gasteiger partial charge is 0.296 e. The van der Waals surface area contributed by atoms with Crippen LogP contribution in [0.25, 0.3) is 5.76 Å². The number of para-hydroxylation sites is 1. The maximum atomic E-state index is 14.3. The number of morpholine rings is 1. The number of ketones is 1. The van der Waals surface area contributed by atoms with Crippen LogP contribution < -0.4 is 9.64 Å². The van der Waals surface area contributed by atoms with Crippen molar-refractivity contribution in [2.45, 2.75) is 25.8 Å². The largest absolute Gasteiger partial charge is 0.507 e. The molecule has 0 aliphatic carbocycles. The van der Waals surface area contributed by atoms with E-state index in [0.29, 0.717) is 55.3 Å². The number of nitrogens with zero attached hydrogens (tertiary/aromatic N) is 3. The van der Waals surface area contributed by atoms with Crippen molar-refractivity contribution in [3.05, 3.63) is 64.7 Å². The second-order valence-electron chi connectivity index (χ2n) is 9.78. The number of aliphatic hydroxyl groups excluding tert-OH is 1. The second-order valence-corrected chi connectivity index (χ2v) is 9.78. The fourth-order valence-corrected chi connectivity index (χ4v) is 5.93. The van der Waals surface area contributed by atoms with Crippen molar-refractivity contribution < 1.29 is 29.0 Å². The van der Waals surface area contributed by atoms with Crippen LogP contribution in [-0.4, -0.2) is 85.6 Å². The van der Waals surface area contributed by atoms with E-state index in [4.69, 9.17) is 9.47 Å². The number of aryl methyl sites for hydroxylation is 1. The van der Waals surface area contributed by atoms with Gasteiger partial charge in [-0.2, -0.15) is 0 Å². The molecular weight excluding hydrogens is 486 g/mol. The summed E-state index contributed by atoms with van der Waals surface area (Å²) >= 11 is 0. The maximum Gasteiger partial charge on any atom is 0.296 e. The van der Waals surface area contributed by atoms with Gasteiger partial charge in [0.1, 0.15) is 11.5 Å². The summed E-state index contributed by atoms with van der Waals surface area (Å²) in [7, 11) is 1.55. The number of rotatable bonds is 7. The number of fused-ring (bicyclic) bond motifs is 2. The lowest BCUT2D eigenvalue weighted by Gasteiger charge is -2.35. The minimum atomic E-state index is -1.73. The van der Waals surface area contributed by atoms with Crippen LogP contribution in [0.4, 0.5) is 5.69 Å². The molecule has 9 nitrogen and oxygen atoms in total. The highest BCUT2D eigenvalue weighted by Gasteiger charge is 2.66. The first-order valence-corrected chi connectivity index (χ1v) is 13.0. The molecule has 2 fully saturated rings. The van der Waals surface area contributed by atoms with E-state index in [0.717, 1.165) is 18.7 Å². The summed E-state index contributed by atoms with van der Waals surface area (Å²) in [6.07, 6.45) is 0.567. The molecule has 9 heteroatoms. The number of hydrogen-bond donors (Lipinski definition) is 1. The highest BCUT2D eigenvalue weighted by atomic mass is 16.5. The van der Waals surface area contributed by atoms with E-state index in [-0.39, 0.29) is 17.9 Å². The zero-order valence-electron chi connectivity index (χ0n) is 22.0. The fourth-order valence-electron chi connectivity index (χ4n) is 5.93. The third-order valence-electron chi connectivity index (χ3n) is 7.75. The van der Waals surface area contributed by atoms with Gasteiger partial charge in [0, 0.05) is 43.9 Å². The van der Waals surface area contributed by atoms with Crippen LogP contribution in [0.5, 0.6) is 5.75 Å². The Morgan fingerprint density at radius 2 is 1.82 bits per heavy atom. The van der Waals surface area contributed by atoms with Crippen LogP contribution in [0.1, 0.15) is 30.0 Å². The quantitative estimate of drug-likeness (QED) is 0.341. The summed E-state index contributed by atoms with van der Waals surface area (Å²) in [6, 6.07) is 12.2. The molecule has 38 heavy (non-hydrogen) atoms. The van der Waals surface area contributed by atoms with Crippen molar-refractivity contribution in [2.75, 3.05) is 57.9 Å². The average molecular weight is 520 g/mol. The summed E-state index contributed by atoms with van der Waals surface area (Å²) in [6.45, 7) is 7.84. The molecule has 1 unspecified atom stereocenters. The molecule has 0 radical (unpaired) electrons. The number of amides is 2. The van der Waals surface area contributed by atoms with E-state index < -0.39 is 23.1 Å². The Kier molecular flexibility index (Phi) is 6.98. The molecule has 2 aromatic rings. The molecule has 2 saturated heterocycles. The highest BCUT2D eigenvalue weighted by molar-refractivity contribution is 6.50. The number of aliphatic hydroxyl groups is 1. The lowest BCUT2D eigenvalue weighted by molar-refractivity contribution is -0.143. The van der Waals surface area contributed by atoms with Crippen molar-refractivity contribution in [1.29, 1.82) is 0 Å². The van der Waals surface area contributed by atoms with E-state index in [1.165, 1.54) is 4.90 Å². The van der Waals surface area contributed by atoms with Gasteiger partial charge in [-0.25, -0.2) is 0 Å². The number of anilines is 1. The molecule has 3 aliphatic heterocycles. The SMILES string of the molecule is CCN1C(=O)C2(/C(=C(\O)c3ccc(OC)c(C)c3)C(=O)C(=O)N2CCCN2CCOCC2)c2ccccc21. The van der Waals surface area contributed by atoms with Gasteiger partial charge in [0.05, 0.1) is 31.6 Å². The van der Waals surface area contributed by atoms with Crippen molar-refractivity contribution in [3.8, 4) is 5.75 Å². The van der Waals surface area contributed by atoms with Gasteiger partial charge in [0.25, 0.3) is 17.6 Å². The molecular formula is C29H33N3O6. The van der Waals surface area contributed by atoms with E-state index in [9.17, 15) is 19.5 Å². The molecule has 0 saturated carbocycles. The topological polar surface area (TPSA) is 99.6 Å². The van der Waals surface area contributed by atoms with Gasteiger partial charge in [-0.1, -0.05) is 18.2 Å². The van der Waals surface area contributed by atoms with E-state index in [2.05, 4.69) is 4.90 Å². The molecule has 3 heterocycles. The summed E-state index contributed by atoms with van der Waals surface area (Å²) in [5, 5.41) is 11.6. The van der Waals surface area contributed by atoms with Crippen molar-refractivity contribution in [2.24, 2.45) is 0 Å². The van der Waals surface area contributed by atoms with Crippen molar-refractivity contribution in [1.82, 2.24) is 9.80 Å². The van der Waals surface area contributed by atoms with Crippen LogP contribution in [0.3, 0.4) is 0 Å². The normalized spacial score (nSPS) is 23.0. The van der Waals surface area contributed by atoms with Crippen LogP contribution >= 0.6 is 0 Å². The first kappa shape index (κ1) is 25.9. The maximum absolute atomic E-state index is 14.3. The molecule has 2 amide bonds. The van der Waals surface area contributed by atoms with Crippen molar-refractivity contribution in [3.63, 3.8) is 0 Å². The molecule has 200 valence electrons. The molecule has 2 aromatic carbocycles. The number of likely N-dealkylation sites (N-methyl/N-ethyl adjacent to an activating group) is 1. The summed E-state index contributed by atoms with van der Waals surface area (Å²) in [4.78, 5) is 46.8. The zero-order chi connectivity index (χ0) is 27.0. The number of Topliss-reactive ketones (excluding diaryl/α,β-unsaturated/α-hetero) is 1. The third-order valence-corrected chi connectivity index (χ3v) is 7.75. The third kappa shape index (κ3) is 3.88. The van der Waals surface area contributed by atoms with Gasteiger partial charge < -0.3 is 24.4 Å². The molecule has 5 rings (SSSR count). The van der Waals surface area contributed by atoms with Crippen molar-refractivity contribution >= 4 is 29.0 Å². The van der Waals surface area contributed by atoms with E-state index in [1.54, 1.807) is 42.3 Å². The average Bonchev–Trinajstić information content (AvgIpc) is 3.31. The minimum Gasteiger partial charge on any atom is -0.507 e. The Hall–Kier alpha value is -3.69. The van der Waals surface area contributed by atoms with E-state index >= 15 is 0 Å². The second kappa shape index (κ2) is 10.2. The Labute approximate surface area is 222 Å². The molecule has 1 atom stereocenters. The highest BCUT2D eigenvalue weighted by Crippen LogP contribution is 2.53. The van der Waals surface area contributed by atoms with Gasteiger partial charge in [-0.05, 0) is 50.1 Å². The van der Waals surface area contributed by atoms with Crippen LogP contribution in [0, 0.1) is 6.92 Å². The van der Waals surface area contributed by atoms with Crippen LogP contribution in [0.2, 0.25) is 0 Å². The molecule has 0 aromatic heterocycles. The van der Waals surface area contributed by atoms with Crippen LogP contribution in [0.15, 0.2) is 48.0 Å². The number of methoxy groups -OCH3 is 1. The minimum absolute atomic E-state index is 0.188. The lowest BCUT2D eigenvalue weighted by atomic mass is 9.81. The standard InChI is InChI=1S/C29H33N3O6/c1-4-31-22-9-6-5-8-21(22)29(28(31)36)24(25(33)20-10-11-23(37-3)19(2)18-20)26(34)27(35)32(29)13-7-12-30-14-16-38-17-15-30/h5-6,8-11,18,33H,4,7,12-17H2,1-3H3/b25-24-.